The summed E-state index contributed by atoms with van der Waals surface area (Å²) in [7, 11) is -0.389. The van der Waals surface area contributed by atoms with Crippen molar-refractivity contribution in [1.82, 2.24) is 0 Å². The predicted molar refractivity (Wildman–Crippen MR) is 66.6 cm³/mol. The fourth-order valence-electron chi connectivity index (χ4n) is 1.26. The zero-order valence-corrected chi connectivity index (χ0v) is 12.1. The van der Waals surface area contributed by atoms with Gasteiger partial charge in [0.2, 0.25) is 8.32 Å². The van der Waals surface area contributed by atoms with Gasteiger partial charge in [0.25, 0.3) is 0 Å². The van der Waals surface area contributed by atoms with Crippen molar-refractivity contribution < 1.29 is 14.0 Å². The van der Waals surface area contributed by atoms with Crippen LogP contribution in [0.1, 0.15) is 33.6 Å². The van der Waals surface area contributed by atoms with Gasteiger partial charge in [-0.1, -0.05) is 20.8 Å². The Morgan fingerprint density at radius 1 is 1.25 bits per heavy atom. The molecule has 1 aliphatic rings. The summed E-state index contributed by atoms with van der Waals surface area (Å²) < 4.78 is 10.8. The van der Waals surface area contributed by atoms with Crippen molar-refractivity contribution in [2.45, 2.75) is 51.7 Å². The van der Waals surface area contributed by atoms with Crippen molar-refractivity contribution in [3.63, 3.8) is 0 Å². The molecule has 0 heterocycles. The Morgan fingerprint density at radius 3 is 2.12 bits per heavy atom. The van der Waals surface area contributed by atoms with Crippen LogP contribution in [-0.2, 0) is 14.0 Å². The van der Waals surface area contributed by atoms with E-state index in [4.69, 9.17) is 9.16 Å². The molecule has 0 aromatic carbocycles. The molecular weight excluding hydrogens is 220 g/mol. The number of carbonyl (C=O) groups is 1. The third-order valence-corrected chi connectivity index (χ3v) is 7.92. The molecule has 4 heteroatoms. The highest BCUT2D eigenvalue weighted by Gasteiger charge is 2.41. The summed E-state index contributed by atoms with van der Waals surface area (Å²) in [5.41, 5.74) is 0.729. The third kappa shape index (κ3) is 2.48. The molecule has 0 saturated carbocycles. The molecule has 0 spiro atoms. The zero-order valence-electron chi connectivity index (χ0n) is 11.1. The van der Waals surface area contributed by atoms with E-state index < -0.39 is 8.32 Å². The SMILES string of the molecule is COC(=O)C1=C(O[Si](C)(C)C(C)(C)C)CC1. The van der Waals surface area contributed by atoms with Gasteiger partial charge in [0.05, 0.1) is 18.4 Å². The number of hydrogen-bond donors (Lipinski definition) is 0. The molecule has 0 bridgehead atoms. The van der Waals surface area contributed by atoms with Crippen LogP contribution in [0.5, 0.6) is 0 Å². The molecule has 1 rings (SSSR count). The van der Waals surface area contributed by atoms with E-state index in [0.717, 1.165) is 24.2 Å². The lowest BCUT2D eigenvalue weighted by molar-refractivity contribution is -0.136. The largest absolute Gasteiger partial charge is 0.546 e. The minimum absolute atomic E-state index is 0.164. The highest BCUT2D eigenvalue weighted by atomic mass is 28.4. The van der Waals surface area contributed by atoms with Gasteiger partial charge in [-0.15, -0.1) is 0 Å². The van der Waals surface area contributed by atoms with Gasteiger partial charge in [-0.3, -0.25) is 0 Å². The number of rotatable bonds is 3. The van der Waals surface area contributed by atoms with Gasteiger partial charge in [0.1, 0.15) is 0 Å². The standard InChI is InChI=1S/C12H22O3Si/c1-12(2,3)16(5,6)15-10-8-7-9(10)11(13)14-4/h7-8H2,1-6H3. The molecule has 0 atom stereocenters. The Balaban J connectivity index is 2.80. The van der Waals surface area contributed by atoms with Gasteiger partial charge >= 0.3 is 5.97 Å². The average Bonchev–Trinajstić information content (AvgIpc) is 2.10. The first-order valence-electron chi connectivity index (χ1n) is 5.68. The van der Waals surface area contributed by atoms with Gasteiger partial charge in [-0.2, -0.15) is 0 Å². The third-order valence-electron chi connectivity index (χ3n) is 3.55. The van der Waals surface area contributed by atoms with Crippen molar-refractivity contribution >= 4 is 14.3 Å². The number of carbonyl (C=O) groups excluding carboxylic acids is 1. The molecule has 3 nitrogen and oxygen atoms in total. The number of methoxy groups -OCH3 is 1. The molecule has 0 saturated heterocycles. The Kier molecular flexibility index (Phi) is 3.52. The van der Waals surface area contributed by atoms with Crippen LogP contribution in [0.15, 0.2) is 11.3 Å². The summed E-state index contributed by atoms with van der Waals surface area (Å²) in [5, 5.41) is 0.164. The highest BCUT2D eigenvalue weighted by molar-refractivity contribution is 6.74. The van der Waals surface area contributed by atoms with Crippen LogP contribution in [0.3, 0.4) is 0 Å². The molecule has 0 amide bonds. The van der Waals surface area contributed by atoms with E-state index in [1.165, 1.54) is 7.11 Å². The van der Waals surface area contributed by atoms with E-state index in [-0.39, 0.29) is 11.0 Å². The van der Waals surface area contributed by atoms with Crippen LogP contribution in [0.25, 0.3) is 0 Å². The number of hydrogen-bond acceptors (Lipinski definition) is 3. The quantitative estimate of drug-likeness (QED) is 0.563. The molecule has 0 aromatic heterocycles. The Bertz CT molecular complexity index is 324. The number of ether oxygens (including phenoxy) is 1. The molecule has 0 fully saturated rings. The summed E-state index contributed by atoms with van der Waals surface area (Å²) in [6.45, 7) is 10.9. The van der Waals surface area contributed by atoms with Crippen molar-refractivity contribution in [3.8, 4) is 0 Å². The lowest BCUT2D eigenvalue weighted by Gasteiger charge is -2.39. The van der Waals surface area contributed by atoms with E-state index in [1.54, 1.807) is 0 Å². The molecule has 0 aromatic rings. The van der Waals surface area contributed by atoms with Crippen LogP contribution in [0.4, 0.5) is 0 Å². The summed E-state index contributed by atoms with van der Waals surface area (Å²) in [6.07, 6.45) is 1.66. The summed E-state index contributed by atoms with van der Waals surface area (Å²) in [4.78, 5) is 11.4. The molecule has 0 unspecified atom stereocenters. The van der Waals surface area contributed by atoms with Crippen LogP contribution in [0, 0.1) is 0 Å². The maximum absolute atomic E-state index is 11.4. The Morgan fingerprint density at radius 2 is 1.81 bits per heavy atom. The molecule has 0 radical (unpaired) electrons. The minimum atomic E-state index is -1.80. The topological polar surface area (TPSA) is 35.5 Å². The first-order chi connectivity index (χ1) is 7.19. The van der Waals surface area contributed by atoms with E-state index >= 15 is 0 Å². The zero-order chi connectivity index (χ0) is 12.6. The van der Waals surface area contributed by atoms with Crippen LogP contribution >= 0.6 is 0 Å². The second-order valence-corrected chi connectivity index (χ2v) is 10.5. The fraction of sp³-hybridized carbons (Fsp3) is 0.750. The van der Waals surface area contributed by atoms with Crippen molar-refractivity contribution in [2.24, 2.45) is 0 Å². The summed E-state index contributed by atoms with van der Waals surface area (Å²) >= 11 is 0. The molecule has 0 N–H and O–H groups in total. The first-order valence-corrected chi connectivity index (χ1v) is 8.59. The second-order valence-electron chi connectivity index (χ2n) is 5.76. The van der Waals surface area contributed by atoms with Gasteiger partial charge < -0.3 is 9.16 Å². The predicted octanol–water partition coefficient (Wildman–Crippen LogP) is 3.23. The van der Waals surface area contributed by atoms with Gasteiger partial charge in [0, 0.05) is 6.42 Å². The number of allylic oxidation sites excluding steroid dienone is 1. The van der Waals surface area contributed by atoms with E-state index in [2.05, 4.69) is 33.9 Å². The lowest BCUT2D eigenvalue weighted by atomic mass is 9.97. The monoisotopic (exact) mass is 242 g/mol. The molecule has 16 heavy (non-hydrogen) atoms. The summed E-state index contributed by atoms with van der Waals surface area (Å²) in [5.74, 6) is 0.624. The van der Waals surface area contributed by atoms with E-state index in [0.29, 0.717) is 0 Å². The Labute approximate surface area is 99.0 Å². The van der Waals surface area contributed by atoms with Crippen molar-refractivity contribution in [2.75, 3.05) is 7.11 Å². The fourth-order valence-corrected chi connectivity index (χ4v) is 2.41. The number of esters is 1. The molecule has 1 aliphatic carbocycles. The lowest BCUT2D eigenvalue weighted by Crippen LogP contribution is -2.41. The normalized spacial score (nSPS) is 16.9. The Hall–Kier alpha value is -0.773. The summed E-state index contributed by atoms with van der Waals surface area (Å²) in [6, 6.07) is 0. The van der Waals surface area contributed by atoms with Gasteiger partial charge in [-0.05, 0) is 24.6 Å². The maximum atomic E-state index is 11.4. The van der Waals surface area contributed by atoms with Crippen LogP contribution < -0.4 is 0 Å². The van der Waals surface area contributed by atoms with Crippen molar-refractivity contribution in [3.05, 3.63) is 11.3 Å². The van der Waals surface area contributed by atoms with Crippen LogP contribution in [-0.4, -0.2) is 21.4 Å². The molecule has 0 aliphatic heterocycles. The van der Waals surface area contributed by atoms with E-state index in [1.807, 2.05) is 0 Å². The first kappa shape index (κ1) is 13.3. The van der Waals surface area contributed by atoms with Gasteiger partial charge in [0.15, 0.2) is 0 Å². The van der Waals surface area contributed by atoms with Crippen molar-refractivity contribution in [1.29, 1.82) is 0 Å². The average molecular weight is 242 g/mol. The van der Waals surface area contributed by atoms with Gasteiger partial charge in [-0.25, -0.2) is 4.79 Å². The maximum Gasteiger partial charge on any atom is 0.337 e. The minimum Gasteiger partial charge on any atom is -0.546 e. The molecule has 92 valence electrons. The molecular formula is C12H22O3Si. The smallest absolute Gasteiger partial charge is 0.337 e. The van der Waals surface area contributed by atoms with E-state index in [9.17, 15) is 4.79 Å². The second kappa shape index (κ2) is 4.24. The highest BCUT2D eigenvalue weighted by Crippen LogP contribution is 2.41. The van der Waals surface area contributed by atoms with Crippen LogP contribution in [0.2, 0.25) is 18.1 Å².